The highest BCUT2D eigenvalue weighted by Gasteiger charge is 2.18. The maximum absolute atomic E-state index is 11.6. The Hall–Kier alpha value is -4.86. The van der Waals surface area contributed by atoms with Crippen LogP contribution in [-0.4, -0.2) is 39.1 Å². The monoisotopic (exact) mass is 443 g/mol. The van der Waals surface area contributed by atoms with Crippen molar-refractivity contribution in [3.8, 4) is 5.95 Å². The number of benzene rings is 2. The van der Waals surface area contributed by atoms with Gasteiger partial charge in [0.2, 0.25) is 0 Å². The summed E-state index contributed by atoms with van der Waals surface area (Å²) in [5.41, 5.74) is 1.87. The Morgan fingerprint density at radius 1 is 0.788 bits per heavy atom. The molecule has 4 rings (SSSR count). The van der Waals surface area contributed by atoms with Gasteiger partial charge < -0.3 is 20.5 Å². The Balaban J connectivity index is 1.64. The molecule has 0 amide bonds. The van der Waals surface area contributed by atoms with Crippen molar-refractivity contribution in [2.75, 3.05) is 17.7 Å². The number of hydrogen-bond donors (Lipinski definition) is 3. The van der Waals surface area contributed by atoms with Crippen molar-refractivity contribution < 1.29 is 24.0 Å². The number of hydrogen-bond acceptors (Lipinski definition) is 8. The van der Waals surface area contributed by atoms with E-state index >= 15 is 0 Å². The molecule has 10 heteroatoms. The largest absolute Gasteiger partial charge is 0.478 e. The summed E-state index contributed by atoms with van der Waals surface area (Å²) in [4.78, 5) is 36.1. The number of ether oxygens (including phenoxy) is 1. The lowest BCUT2D eigenvalue weighted by Crippen LogP contribution is -2.32. The van der Waals surface area contributed by atoms with Gasteiger partial charge in [0, 0.05) is 11.4 Å². The highest BCUT2D eigenvalue weighted by molar-refractivity contribution is 5.89. The van der Waals surface area contributed by atoms with Crippen LogP contribution < -0.4 is 15.2 Å². The number of carboxylic acids is 1. The van der Waals surface area contributed by atoms with Crippen LogP contribution >= 0.6 is 0 Å². The maximum atomic E-state index is 11.6. The van der Waals surface area contributed by atoms with E-state index in [0.29, 0.717) is 22.9 Å². The van der Waals surface area contributed by atoms with E-state index in [0.717, 1.165) is 0 Å². The third kappa shape index (κ3) is 5.25. The summed E-state index contributed by atoms with van der Waals surface area (Å²) < 4.78 is 6.44. The Morgan fingerprint density at radius 2 is 1.30 bits per heavy atom. The molecule has 0 spiro atoms. The van der Waals surface area contributed by atoms with E-state index in [9.17, 15) is 9.59 Å². The summed E-state index contributed by atoms with van der Waals surface area (Å²) in [7, 11) is 1.33. The number of carbonyl (C=O) groups excluding carboxylic acids is 1. The number of esters is 1. The first-order chi connectivity index (χ1) is 16.0. The zero-order chi connectivity index (χ0) is 23.2. The summed E-state index contributed by atoms with van der Waals surface area (Å²) in [6, 6.07) is 18.5. The smallest absolute Gasteiger partial charge is 0.444 e. The van der Waals surface area contributed by atoms with Crippen molar-refractivity contribution in [2.24, 2.45) is 0 Å². The zero-order valence-corrected chi connectivity index (χ0v) is 17.5. The highest BCUT2D eigenvalue weighted by atomic mass is 16.5. The predicted molar refractivity (Wildman–Crippen MR) is 119 cm³/mol. The Bertz CT molecular complexity index is 1280. The normalized spacial score (nSPS) is 10.3. The molecule has 4 aromatic rings. The first kappa shape index (κ1) is 21.4. The van der Waals surface area contributed by atoms with Crippen molar-refractivity contribution in [2.45, 2.75) is 0 Å². The molecular weight excluding hydrogens is 424 g/mol. The van der Waals surface area contributed by atoms with E-state index < -0.39 is 11.9 Å². The van der Waals surface area contributed by atoms with E-state index in [1.165, 1.54) is 19.2 Å². The van der Waals surface area contributed by atoms with Crippen LogP contribution in [0.2, 0.25) is 0 Å². The van der Waals surface area contributed by atoms with Gasteiger partial charge >= 0.3 is 29.8 Å². The van der Waals surface area contributed by atoms with Gasteiger partial charge in [0.15, 0.2) is 0 Å². The molecule has 2 aromatic carbocycles. The van der Waals surface area contributed by atoms with Gasteiger partial charge in [0.25, 0.3) is 0 Å². The summed E-state index contributed by atoms with van der Waals surface area (Å²) in [6.45, 7) is 0. The number of carbonyl (C=O) groups is 2. The van der Waals surface area contributed by atoms with Crippen LogP contribution in [0, 0.1) is 0 Å². The molecule has 0 unspecified atom stereocenters. The summed E-state index contributed by atoms with van der Waals surface area (Å²) in [5, 5.41) is 15.2. The number of nitrogens with zero attached hydrogens (tertiary/aromatic N) is 4. The second kappa shape index (κ2) is 9.52. The van der Waals surface area contributed by atoms with Crippen LogP contribution in [-0.2, 0) is 4.74 Å². The molecule has 3 N–H and O–H groups in total. The summed E-state index contributed by atoms with van der Waals surface area (Å²) in [5.74, 6) is -0.539. The number of nitrogens with one attached hydrogen (secondary N) is 2. The minimum atomic E-state index is -1.01. The topological polar surface area (TPSA) is 130 Å². The van der Waals surface area contributed by atoms with Crippen LogP contribution in [0.15, 0.2) is 79.1 Å². The molecular formula is C23H19N6O4+. The average molecular weight is 443 g/mol. The van der Waals surface area contributed by atoms with Crippen molar-refractivity contribution in [3.63, 3.8) is 0 Å². The lowest BCUT2D eigenvalue weighted by molar-refractivity contribution is -0.603. The second-order valence-electron chi connectivity index (χ2n) is 6.77. The standard InChI is InChI=1S/C23H18N6O4/c1-33-20(32)16-7-11-18(12-8-16)25-22-26-21(24-17-9-5-15(6-10-17)19(30)31)27-23(28-22)29-13-3-2-4-14-29/h2-14H,1H3,(H2-,24,25,26,27,28,30,31,32)/p+1. The SMILES string of the molecule is COC(=O)c1ccc(Nc2nc(Nc3ccc(C(=O)O)cc3)nc(-[n+]3ccccc3)n2)cc1. The third-order valence-corrected chi connectivity index (χ3v) is 4.52. The molecule has 0 aliphatic rings. The predicted octanol–water partition coefficient (Wildman–Crippen LogP) is 3.12. The lowest BCUT2D eigenvalue weighted by Gasteiger charge is -2.07. The van der Waals surface area contributed by atoms with Gasteiger partial charge in [-0.15, -0.1) is 4.98 Å². The quantitative estimate of drug-likeness (QED) is 0.291. The molecule has 0 atom stereocenters. The molecule has 2 heterocycles. The minimum Gasteiger partial charge on any atom is -0.478 e. The molecule has 164 valence electrons. The molecule has 0 saturated heterocycles. The number of aromatic nitrogens is 4. The molecule has 10 nitrogen and oxygen atoms in total. The van der Waals surface area contributed by atoms with E-state index in [2.05, 4.69) is 25.6 Å². The molecule has 0 saturated carbocycles. The van der Waals surface area contributed by atoms with E-state index in [4.69, 9.17) is 9.84 Å². The lowest BCUT2D eigenvalue weighted by atomic mass is 10.2. The molecule has 0 aliphatic carbocycles. The zero-order valence-electron chi connectivity index (χ0n) is 17.5. The van der Waals surface area contributed by atoms with E-state index in [-0.39, 0.29) is 17.5 Å². The van der Waals surface area contributed by atoms with Crippen LogP contribution in [0.25, 0.3) is 5.95 Å². The summed E-state index contributed by atoms with van der Waals surface area (Å²) >= 11 is 0. The number of pyridine rings is 1. The highest BCUT2D eigenvalue weighted by Crippen LogP contribution is 2.18. The molecule has 0 radical (unpaired) electrons. The molecule has 0 aliphatic heterocycles. The van der Waals surface area contributed by atoms with Crippen LogP contribution in [0.1, 0.15) is 20.7 Å². The first-order valence-corrected chi connectivity index (χ1v) is 9.80. The Labute approximate surface area is 188 Å². The van der Waals surface area contributed by atoms with Crippen molar-refractivity contribution >= 4 is 35.2 Å². The van der Waals surface area contributed by atoms with Crippen LogP contribution in [0.5, 0.6) is 0 Å². The molecule has 2 aromatic heterocycles. The fourth-order valence-electron chi connectivity index (χ4n) is 2.89. The van der Waals surface area contributed by atoms with Gasteiger partial charge in [-0.1, -0.05) is 6.07 Å². The average Bonchev–Trinajstić information content (AvgIpc) is 2.85. The Morgan fingerprint density at radius 3 is 1.79 bits per heavy atom. The number of rotatable bonds is 7. The summed E-state index contributed by atoms with van der Waals surface area (Å²) in [6.07, 6.45) is 3.60. The van der Waals surface area contributed by atoms with Gasteiger partial charge in [-0.3, -0.25) is 0 Å². The van der Waals surface area contributed by atoms with Crippen molar-refractivity contribution in [1.29, 1.82) is 0 Å². The van der Waals surface area contributed by atoms with Gasteiger partial charge in [-0.25, -0.2) is 14.2 Å². The maximum Gasteiger partial charge on any atom is 0.444 e. The van der Waals surface area contributed by atoms with Crippen molar-refractivity contribution in [1.82, 2.24) is 15.0 Å². The number of methoxy groups -OCH3 is 1. The third-order valence-electron chi connectivity index (χ3n) is 4.52. The van der Waals surface area contributed by atoms with Gasteiger partial charge in [-0.2, -0.15) is 0 Å². The molecule has 0 fully saturated rings. The van der Waals surface area contributed by atoms with E-state index in [1.54, 1.807) is 53.4 Å². The van der Waals surface area contributed by atoms with Gasteiger partial charge in [-0.05, 0) is 70.6 Å². The van der Waals surface area contributed by atoms with Gasteiger partial charge in [0.05, 0.1) is 30.6 Å². The van der Waals surface area contributed by atoms with Crippen molar-refractivity contribution in [3.05, 3.63) is 90.3 Å². The van der Waals surface area contributed by atoms with Crippen LogP contribution in [0.3, 0.4) is 0 Å². The second-order valence-corrected chi connectivity index (χ2v) is 6.77. The molecule has 0 bridgehead atoms. The number of carboxylic acid groups (broad SMARTS) is 1. The molecule has 33 heavy (non-hydrogen) atoms. The Kier molecular flexibility index (Phi) is 6.17. The first-order valence-electron chi connectivity index (χ1n) is 9.80. The minimum absolute atomic E-state index is 0.175. The number of aromatic carboxylic acids is 1. The van der Waals surface area contributed by atoms with Gasteiger partial charge in [0.1, 0.15) is 0 Å². The van der Waals surface area contributed by atoms with E-state index in [1.807, 2.05) is 18.2 Å². The van der Waals surface area contributed by atoms with Crippen LogP contribution in [0.4, 0.5) is 23.3 Å². The fraction of sp³-hybridized carbons (Fsp3) is 0.0435. The fourth-order valence-corrected chi connectivity index (χ4v) is 2.89. The number of anilines is 4.